The van der Waals surface area contributed by atoms with Gasteiger partial charge in [-0.3, -0.25) is 18.6 Å². The number of hydrogen-bond donors (Lipinski definition) is 4. The highest BCUT2D eigenvalue weighted by molar-refractivity contribution is 7.47. The van der Waals surface area contributed by atoms with Gasteiger partial charge < -0.3 is 29.7 Å². The van der Waals surface area contributed by atoms with Crippen molar-refractivity contribution in [3.8, 4) is 0 Å². The van der Waals surface area contributed by atoms with Gasteiger partial charge in [0.2, 0.25) is 0 Å². The van der Waals surface area contributed by atoms with E-state index in [2.05, 4.69) is 72.2 Å². The van der Waals surface area contributed by atoms with Crippen molar-refractivity contribution in [2.75, 3.05) is 33.0 Å². The molecule has 0 aliphatic rings. The molecule has 0 fully saturated rings. The van der Waals surface area contributed by atoms with Crippen molar-refractivity contribution in [1.29, 1.82) is 0 Å². The number of carbonyl (C=O) groups excluding carboxylic acids is 2. The van der Waals surface area contributed by atoms with E-state index < -0.39 is 51.8 Å². The van der Waals surface area contributed by atoms with Gasteiger partial charge in [-0.15, -0.1) is 0 Å². The monoisotopic (exact) mass is 811 g/mol. The summed E-state index contributed by atoms with van der Waals surface area (Å²) in [7, 11) is -4.64. The minimum Gasteiger partial charge on any atom is -0.462 e. The molecule has 0 radical (unpaired) electrons. The maximum atomic E-state index is 12.6. The summed E-state index contributed by atoms with van der Waals surface area (Å²) < 4.78 is 32.6. The van der Waals surface area contributed by atoms with Gasteiger partial charge in [0.1, 0.15) is 12.7 Å². The van der Waals surface area contributed by atoms with E-state index in [4.69, 9.17) is 24.2 Å². The predicted molar refractivity (Wildman–Crippen MR) is 225 cm³/mol. The fourth-order valence-corrected chi connectivity index (χ4v) is 5.90. The molecule has 4 N–H and O–H groups in total. The van der Waals surface area contributed by atoms with Gasteiger partial charge in [-0.25, -0.2) is 4.57 Å². The third-order valence-electron chi connectivity index (χ3n) is 8.39. The lowest BCUT2D eigenvalue weighted by molar-refractivity contribution is -0.161. The molecular formula is C44H75O11P. The summed E-state index contributed by atoms with van der Waals surface area (Å²) in [4.78, 5) is 34.9. The molecule has 0 aliphatic carbocycles. The molecule has 0 saturated carbocycles. The minimum absolute atomic E-state index is 0.147. The van der Waals surface area contributed by atoms with Gasteiger partial charge in [0.25, 0.3) is 0 Å². The topological polar surface area (TPSA) is 169 Å². The molecule has 0 aliphatic heterocycles. The van der Waals surface area contributed by atoms with Crippen LogP contribution in [0.3, 0.4) is 0 Å². The van der Waals surface area contributed by atoms with Gasteiger partial charge in [-0.05, 0) is 89.9 Å². The lowest BCUT2D eigenvalue weighted by Crippen LogP contribution is -2.29. The molecule has 0 rings (SSSR count). The molecule has 56 heavy (non-hydrogen) atoms. The zero-order valence-electron chi connectivity index (χ0n) is 34.3. The van der Waals surface area contributed by atoms with E-state index in [1.165, 1.54) is 19.3 Å². The molecular weight excluding hydrogens is 735 g/mol. The summed E-state index contributed by atoms with van der Waals surface area (Å²) >= 11 is 0. The molecule has 1 unspecified atom stereocenters. The summed E-state index contributed by atoms with van der Waals surface area (Å²) in [6.45, 7) is 0.255. The number of aliphatic hydroxyl groups is 3. The van der Waals surface area contributed by atoms with Crippen LogP contribution in [0.15, 0.2) is 72.9 Å². The first-order valence-electron chi connectivity index (χ1n) is 21.0. The first-order valence-corrected chi connectivity index (χ1v) is 22.5. The second kappa shape index (κ2) is 40.6. The largest absolute Gasteiger partial charge is 0.472 e. The van der Waals surface area contributed by atoms with Crippen LogP contribution in [0.2, 0.25) is 0 Å². The van der Waals surface area contributed by atoms with Gasteiger partial charge in [0, 0.05) is 19.4 Å². The number of phosphoric ester groups is 1. The Bertz CT molecular complexity index is 1160. The molecule has 0 amide bonds. The van der Waals surface area contributed by atoms with Crippen molar-refractivity contribution < 1.29 is 52.9 Å². The molecule has 0 aromatic heterocycles. The van der Waals surface area contributed by atoms with Gasteiger partial charge in [-0.1, -0.05) is 118 Å². The first kappa shape index (κ1) is 53.4. The smallest absolute Gasteiger partial charge is 0.462 e. The molecule has 0 bridgehead atoms. The average molecular weight is 811 g/mol. The average Bonchev–Trinajstić information content (AvgIpc) is 3.19. The molecule has 0 heterocycles. The maximum Gasteiger partial charge on any atom is 0.472 e. The van der Waals surface area contributed by atoms with E-state index in [0.717, 1.165) is 89.9 Å². The van der Waals surface area contributed by atoms with Crippen molar-refractivity contribution in [3.05, 3.63) is 72.9 Å². The molecule has 3 atom stereocenters. The number of ether oxygens (including phenoxy) is 2. The van der Waals surface area contributed by atoms with Crippen LogP contribution in [-0.2, 0) is 32.7 Å². The van der Waals surface area contributed by atoms with Crippen LogP contribution in [0.25, 0.3) is 0 Å². The molecule has 0 aromatic rings. The van der Waals surface area contributed by atoms with Crippen molar-refractivity contribution in [1.82, 2.24) is 0 Å². The van der Waals surface area contributed by atoms with Gasteiger partial charge in [0.15, 0.2) is 6.10 Å². The molecule has 322 valence electrons. The highest BCUT2D eigenvalue weighted by atomic mass is 31.2. The van der Waals surface area contributed by atoms with E-state index >= 15 is 0 Å². The Balaban J connectivity index is 4.44. The van der Waals surface area contributed by atoms with Crippen LogP contribution < -0.4 is 0 Å². The molecule has 12 heteroatoms. The number of unbranched alkanes of at least 4 members (excludes halogenated alkanes) is 12. The van der Waals surface area contributed by atoms with Crippen LogP contribution in [0.5, 0.6) is 0 Å². The Morgan fingerprint density at radius 3 is 1.54 bits per heavy atom. The van der Waals surface area contributed by atoms with Crippen molar-refractivity contribution in [3.63, 3.8) is 0 Å². The Morgan fingerprint density at radius 2 is 1.00 bits per heavy atom. The SMILES string of the molecule is CCCCC/C=C\C/C=C\CCCCCCCC(=O)O[C@H](COC(=O)CCC/C=C\C/C=C\C/C=C\C/C=C\CCCCCO)COP(=O)(O)OC[C@@H](O)CO. The highest BCUT2D eigenvalue weighted by Gasteiger charge is 2.27. The van der Waals surface area contributed by atoms with E-state index in [9.17, 15) is 24.2 Å². The Kier molecular flexibility index (Phi) is 38.7. The number of rotatable bonds is 39. The van der Waals surface area contributed by atoms with Crippen LogP contribution in [0, 0.1) is 0 Å². The predicted octanol–water partition coefficient (Wildman–Crippen LogP) is 9.86. The molecule has 11 nitrogen and oxygen atoms in total. The second-order valence-corrected chi connectivity index (χ2v) is 15.2. The van der Waals surface area contributed by atoms with Crippen molar-refractivity contribution in [2.24, 2.45) is 0 Å². The number of allylic oxidation sites excluding steroid dienone is 12. The van der Waals surface area contributed by atoms with Gasteiger partial charge >= 0.3 is 19.8 Å². The first-order chi connectivity index (χ1) is 27.2. The number of aliphatic hydroxyl groups excluding tert-OH is 3. The maximum absolute atomic E-state index is 12.6. The quantitative estimate of drug-likeness (QED) is 0.0202. The fraction of sp³-hybridized carbons (Fsp3) is 0.682. The van der Waals surface area contributed by atoms with E-state index in [1.807, 2.05) is 12.2 Å². The van der Waals surface area contributed by atoms with E-state index in [1.54, 1.807) is 0 Å². The zero-order chi connectivity index (χ0) is 41.2. The van der Waals surface area contributed by atoms with Crippen LogP contribution >= 0.6 is 7.82 Å². The fourth-order valence-electron chi connectivity index (χ4n) is 5.11. The number of phosphoric acid groups is 1. The summed E-state index contributed by atoms with van der Waals surface area (Å²) in [6.07, 6.45) is 43.1. The van der Waals surface area contributed by atoms with E-state index in [0.29, 0.717) is 19.3 Å². The summed E-state index contributed by atoms with van der Waals surface area (Å²) in [5, 5.41) is 27.1. The number of esters is 2. The molecule has 0 spiro atoms. The van der Waals surface area contributed by atoms with Gasteiger partial charge in [-0.2, -0.15) is 0 Å². The Labute approximate surface area is 338 Å². The lowest BCUT2D eigenvalue weighted by Gasteiger charge is -2.20. The zero-order valence-corrected chi connectivity index (χ0v) is 35.2. The summed E-state index contributed by atoms with van der Waals surface area (Å²) in [5.74, 6) is -1.03. The van der Waals surface area contributed by atoms with E-state index in [-0.39, 0.29) is 26.1 Å². The van der Waals surface area contributed by atoms with Crippen LogP contribution in [-0.4, -0.2) is 77.4 Å². The summed E-state index contributed by atoms with van der Waals surface area (Å²) in [6, 6.07) is 0. The van der Waals surface area contributed by atoms with Crippen molar-refractivity contribution >= 4 is 19.8 Å². The third kappa shape index (κ3) is 39.6. The lowest BCUT2D eigenvalue weighted by atomic mass is 10.1. The highest BCUT2D eigenvalue weighted by Crippen LogP contribution is 2.43. The minimum atomic E-state index is -4.64. The van der Waals surface area contributed by atoms with Gasteiger partial charge in [0.05, 0.1) is 19.8 Å². The van der Waals surface area contributed by atoms with Crippen LogP contribution in [0.4, 0.5) is 0 Å². The Morgan fingerprint density at radius 1 is 0.554 bits per heavy atom. The Hall–Kier alpha value is -2.63. The summed E-state index contributed by atoms with van der Waals surface area (Å²) in [5.41, 5.74) is 0. The number of carbonyl (C=O) groups is 2. The van der Waals surface area contributed by atoms with Crippen LogP contribution in [0.1, 0.15) is 148 Å². The molecule has 0 saturated heterocycles. The standard InChI is InChI=1S/C44H75O11P/c1-2-3-4-5-6-7-8-9-13-17-20-23-26-29-32-35-44(49)55-42(40-54-56(50,51)53-38-41(47)37-46)39-52-43(48)34-31-28-25-22-19-16-14-11-10-12-15-18-21-24-27-30-33-36-45/h6-7,9-10,12-14,16,18,21-22,25,41-42,45-47H,2-5,8,11,15,17,19-20,23-24,26-40H2,1H3,(H,50,51)/b7-6-,12-10-,13-9-,16-14-,21-18-,25-22-/t41-,42+/m0/s1. The third-order valence-corrected chi connectivity index (χ3v) is 9.34. The number of hydrogen-bond acceptors (Lipinski definition) is 10. The van der Waals surface area contributed by atoms with Crippen molar-refractivity contribution in [2.45, 2.75) is 160 Å². The molecule has 0 aromatic carbocycles. The second-order valence-electron chi connectivity index (χ2n) is 13.7. The normalized spacial score (nSPS) is 14.6.